The third-order valence-electron chi connectivity index (χ3n) is 1.57. The highest BCUT2D eigenvalue weighted by Crippen LogP contribution is 2.09. The Hall–Kier alpha value is -0.960. The molecule has 2 N–H and O–H groups in total. The van der Waals surface area contributed by atoms with Crippen LogP contribution in [-0.4, -0.2) is 4.98 Å². The molecule has 1 atom stereocenters. The van der Waals surface area contributed by atoms with Crippen LogP contribution in [0.4, 0.5) is 4.39 Å². The van der Waals surface area contributed by atoms with Crippen LogP contribution < -0.4 is 5.73 Å². The Kier molecular flexibility index (Phi) is 2.54. The molecule has 0 amide bonds. The Bertz CT molecular complexity index is 220. The van der Waals surface area contributed by atoms with Crippen LogP contribution in [-0.2, 0) is 0 Å². The normalized spacial score (nSPS) is 13.0. The summed E-state index contributed by atoms with van der Waals surface area (Å²) in [5, 5.41) is 0. The van der Waals surface area contributed by atoms with Gasteiger partial charge in [-0.05, 0) is 18.6 Å². The summed E-state index contributed by atoms with van der Waals surface area (Å²) < 4.78 is 12.4. The van der Waals surface area contributed by atoms with E-state index in [4.69, 9.17) is 5.73 Å². The number of halogens is 1. The van der Waals surface area contributed by atoms with Gasteiger partial charge in [0.15, 0.2) is 0 Å². The average molecular weight is 154 g/mol. The maximum Gasteiger partial charge on any atom is 0.141 e. The molecule has 0 bridgehead atoms. The highest BCUT2D eigenvalue weighted by Gasteiger charge is 2.03. The molecule has 2 nitrogen and oxygen atoms in total. The second-order valence-electron chi connectivity index (χ2n) is 2.42. The number of hydrogen-bond acceptors (Lipinski definition) is 2. The maximum atomic E-state index is 12.4. The van der Waals surface area contributed by atoms with Crippen LogP contribution in [0.25, 0.3) is 0 Å². The smallest absolute Gasteiger partial charge is 0.141 e. The predicted octanol–water partition coefficient (Wildman–Crippen LogP) is 1.63. The molecular weight excluding hydrogens is 143 g/mol. The van der Waals surface area contributed by atoms with E-state index in [-0.39, 0.29) is 11.9 Å². The molecule has 1 aromatic rings. The van der Waals surface area contributed by atoms with Crippen LogP contribution in [0, 0.1) is 5.82 Å². The average Bonchev–Trinajstić information content (AvgIpc) is 2.05. The minimum Gasteiger partial charge on any atom is -0.323 e. The molecule has 0 unspecified atom stereocenters. The van der Waals surface area contributed by atoms with Gasteiger partial charge in [-0.3, -0.25) is 4.98 Å². The second-order valence-corrected chi connectivity index (χ2v) is 2.42. The molecule has 1 aromatic heterocycles. The molecule has 0 spiro atoms. The van der Waals surface area contributed by atoms with Crippen molar-refractivity contribution in [2.24, 2.45) is 5.73 Å². The summed E-state index contributed by atoms with van der Waals surface area (Å²) in [6.45, 7) is 1.97. The molecule has 0 aromatic carbocycles. The van der Waals surface area contributed by atoms with Crippen molar-refractivity contribution in [3.05, 3.63) is 29.8 Å². The zero-order chi connectivity index (χ0) is 8.27. The van der Waals surface area contributed by atoms with Crippen LogP contribution in [0.2, 0.25) is 0 Å². The summed E-state index contributed by atoms with van der Waals surface area (Å²) in [4.78, 5) is 3.85. The van der Waals surface area contributed by atoms with Crippen molar-refractivity contribution >= 4 is 0 Å². The van der Waals surface area contributed by atoms with Crippen molar-refractivity contribution < 1.29 is 4.39 Å². The fourth-order valence-corrected chi connectivity index (χ4v) is 0.816. The third kappa shape index (κ3) is 1.98. The minimum absolute atomic E-state index is 0.0735. The number of hydrogen-bond donors (Lipinski definition) is 1. The molecule has 0 saturated carbocycles. The molecule has 0 aliphatic rings. The van der Waals surface area contributed by atoms with Crippen molar-refractivity contribution in [1.29, 1.82) is 0 Å². The van der Waals surface area contributed by atoms with E-state index in [1.54, 1.807) is 6.07 Å². The molecule has 60 valence electrons. The van der Waals surface area contributed by atoms with Crippen molar-refractivity contribution in [2.45, 2.75) is 19.4 Å². The molecular formula is C8H11FN2. The van der Waals surface area contributed by atoms with Gasteiger partial charge in [-0.25, -0.2) is 4.39 Å². The highest BCUT2D eigenvalue weighted by atomic mass is 19.1. The van der Waals surface area contributed by atoms with E-state index in [0.717, 1.165) is 12.1 Å². The van der Waals surface area contributed by atoms with Gasteiger partial charge in [0.25, 0.3) is 0 Å². The Morgan fingerprint density at radius 1 is 1.64 bits per heavy atom. The number of pyridine rings is 1. The predicted molar refractivity (Wildman–Crippen MR) is 41.4 cm³/mol. The monoisotopic (exact) mass is 154 g/mol. The lowest BCUT2D eigenvalue weighted by Gasteiger charge is -2.06. The minimum atomic E-state index is -0.322. The van der Waals surface area contributed by atoms with Crippen molar-refractivity contribution in [3.8, 4) is 0 Å². The SMILES string of the molecule is CC[C@H](N)c1ccc(F)cn1. The largest absolute Gasteiger partial charge is 0.323 e. The van der Waals surface area contributed by atoms with E-state index < -0.39 is 0 Å². The zero-order valence-corrected chi connectivity index (χ0v) is 6.42. The standard InChI is InChI=1S/C8H11FN2/c1-2-7(10)8-4-3-6(9)5-11-8/h3-5,7H,2,10H2,1H3/t7-/m0/s1. The summed E-state index contributed by atoms with van der Waals surface area (Å²) in [5.74, 6) is -0.322. The first-order chi connectivity index (χ1) is 5.24. The summed E-state index contributed by atoms with van der Waals surface area (Å²) in [7, 11) is 0. The molecule has 1 rings (SSSR count). The van der Waals surface area contributed by atoms with E-state index in [1.165, 1.54) is 12.3 Å². The summed E-state index contributed by atoms with van der Waals surface area (Å²) in [5.41, 5.74) is 6.40. The van der Waals surface area contributed by atoms with Crippen LogP contribution in [0.15, 0.2) is 18.3 Å². The van der Waals surface area contributed by atoms with Crippen LogP contribution in [0.3, 0.4) is 0 Å². The van der Waals surface area contributed by atoms with E-state index in [1.807, 2.05) is 6.92 Å². The topological polar surface area (TPSA) is 38.9 Å². The quantitative estimate of drug-likeness (QED) is 0.703. The van der Waals surface area contributed by atoms with Gasteiger partial charge in [0, 0.05) is 6.04 Å². The van der Waals surface area contributed by atoms with E-state index in [2.05, 4.69) is 4.98 Å². The van der Waals surface area contributed by atoms with Crippen LogP contribution >= 0.6 is 0 Å². The van der Waals surface area contributed by atoms with Gasteiger partial charge in [-0.1, -0.05) is 6.92 Å². The van der Waals surface area contributed by atoms with Crippen molar-refractivity contribution in [3.63, 3.8) is 0 Å². The number of aromatic nitrogens is 1. The fourth-order valence-electron chi connectivity index (χ4n) is 0.816. The molecule has 0 fully saturated rings. The number of rotatable bonds is 2. The number of nitrogens with two attached hydrogens (primary N) is 1. The van der Waals surface area contributed by atoms with Gasteiger partial charge in [-0.15, -0.1) is 0 Å². The van der Waals surface area contributed by atoms with E-state index >= 15 is 0 Å². The van der Waals surface area contributed by atoms with Crippen molar-refractivity contribution in [2.75, 3.05) is 0 Å². The summed E-state index contributed by atoms with van der Waals surface area (Å²) in [6, 6.07) is 2.91. The molecule has 3 heteroatoms. The first-order valence-electron chi connectivity index (χ1n) is 3.61. The third-order valence-corrected chi connectivity index (χ3v) is 1.57. The maximum absolute atomic E-state index is 12.4. The molecule has 0 saturated heterocycles. The molecule has 0 aliphatic carbocycles. The first kappa shape index (κ1) is 8.14. The molecule has 0 radical (unpaired) electrons. The number of nitrogens with zero attached hydrogens (tertiary/aromatic N) is 1. The molecule has 1 heterocycles. The highest BCUT2D eigenvalue weighted by molar-refractivity contribution is 5.08. The zero-order valence-electron chi connectivity index (χ0n) is 6.42. The Labute approximate surface area is 65.3 Å². The lowest BCUT2D eigenvalue weighted by atomic mass is 10.1. The Morgan fingerprint density at radius 2 is 2.36 bits per heavy atom. The molecule has 0 aliphatic heterocycles. The molecule has 11 heavy (non-hydrogen) atoms. The van der Waals surface area contributed by atoms with Crippen LogP contribution in [0.1, 0.15) is 25.1 Å². The van der Waals surface area contributed by atoms with E-state index in [9.17, 15) is 4.39 Å². The summed E-state index contributed by atoms with van der Waals surface area (Å²) in [6.07, 6.45) is 2.00. The van der Waals surface area contributed by atoms with Gasteiger partial charge < -0.3 is 5.73 Å². The van der Waals surface area contributed by atoms with E-state index in [0.29, 0.717) is 0 Å². The van der Waals surface area contributed by atoms with Crippen LogP contribution in [0.5, 0.6) is 0 Å². The second kappa shape index (κ2) is 3.44. The fraction of sp³-hybridized carbons (Fsp3) is 0.375. The van der Waals surface area contributed by atoms with Gasteiger partial charge in [-0.2, -0.15) is 0 Å². The van der Waals surface area contributed by atoms with Crippen molar-refractivity contribution in [1.82, 2.24) is 4.98 Å². The Morgan fingerprint density at radius 3 is 2.82 bits per heavy atom. The summed E-state index contributed by atoms with van der Waals surface area (Å²) >= 11 is 0. The lowest BCUT2D eigenvalue weighted by Crippen LogP contribution is -2.10. The first-order valence-corrected chi connectivity index (χ1v) is 3.61. The van der Waals surface area contributed by atoms with Gasteiger partial charge in [0.05, 0.1) is 11.9 Å². The van der Waals surface area contributed by atoms with Gasteiger partial charge in [0.1, 0.15) is 5.82 Å². The Balaban J connectivity index is 2.81. The van der Waals surface area contributed by atoms with Gasteiger partial charge in [0.2, 0.25) is 0 Å². The lowest BCUT2D eigenvalue weighted by molar-refractivity contribution is 0.610. The van der Waals surface area contributed by atoms with Gasteiger partial charge >= 0.3 is 0 Å².